The van der Waals surface area contributed by atoms with Gasteiger partial charge in [0.25, 0.3) is 0 Å². The Balaban J connectivity index is 0. The number of aliphatic hydroxyl groups excluding tert-OH is 1. The molecule has 0 aromatic carbocycles. The molecule has 52 valence electrons. The third-order valence-electron chi connectivity index (χ3n) is 0.853. The van der Waals surface area contributed by atoms with E-state index in [1.807, 2.05) is 0 Å². The molecular formula is C5H15NO2. The molecule has 0 fully saturated rings. The van der Waals surface area contributed by atoms with E-state index in [2.05, 4.69) is 6.92 Å². The summed E-state index contributed by atoms with van der Waals surface area (Å²) in [5.74, 6) is 0. The summed E-state index contributed by atoms with van der Waals surface area (Å²) in [6.07, 6.45) is 2.27. The fourth-order valence-corrected chi connectivity index (χ4v) is 0.413. The van der Waals surface area contributed by atoms with Crippen LogP contribution in [0.2, 0.25) is 0 Å². The van der Waals surface area contributed by atoms with Crippen molar-refractivity contribution in [3.63, 3.8) is 0 Å². The average Bonchev–Trinajstić information content (AvgIpc) is 1.61. The maximum atomic E-state index is 8.46. The molecular weight excluding hydrogens is 106 g/mol. The van der Waals surface area contributed by atoms with Gasteiger partial charge in [0.15, 0.2) is 0 Å². The molecule has 0 radical (unpaired) electrons. The zero-order valence-corrected chi connectivity index (χ0v) is 5.22. The highest BCUT2D eigenvalue weighted by atomic mass is 16.3. The summed E-state index contributed by atoms with van der Waals surface area (Å²) >= 11 is 0. The SMILES string of the molecule is CCCCC(N)O.O. The Labute approximate surface area is 49.8 Å². The molecule has 0 amide bonds. The molecule has 0 bridgehead atoms. The lowest BCUT2D eigenvalue weighted by Crippen LogP contribution is -2.17. The fourth-order valence-electron chi connectivity index (χ4n) is 0.413. The summed E-state index contributed by atoms with van der Waals surface area (Å²) in [6, 6.07) is 0. The van der Waals surface area contributed by atoms with E-state index in [9.17, 15) is 0 Å². The van der Waals surface area contributed by atoms with Crippen LogP contribution in [0.1, 0.15) is 26.2 Å². The Morgan fingerprint density at radius 1 is 1.62 bits per heavy atom. The number of nitrogens with two attached hydrogens (primary N) is 1. The first-order valence-corrected chi connectivity index (χ1v) is 2.71. The number of rotatable bonds is 3. The summed E-state index contributed by atoms with van der Waals surface area (Å²) in [5.41, 5.74) is 5.03. The van der Waals surface area contributed by atoms with E-state index in [1.165, 1.54) is 0 Å². The van der Waals surface area contributed by atoms with Gasteiger partial charge in [-0.15, -0.1) is 0 Å². The first-order valence-electron chi connectivity index (χ1n) is 2.71. The molecule has 0 aliphatic carbocycles. The second-order valence-corrected chi connectivity index (χ2v) is 1.71. The molecule has 3 heteroatoms. The highest BCUT2D eigenvalue weighted by Crippen LogP contribution is 1.93. The lowest BCUT2D eigenvalue weighted by molar-refractivity contribution is 0.169. The molecule has 0 spiro atoms. The van der Waals surface area contributed by atoms with Crippen molar-refractivity contribution in [3.05, 3.63) is 0 Å². The van der Waals surface area contributed by atoms with Gasteiger partial charge in [-0.3, -0.25) is 0 Å². The van der Waals surface area contributed by atoms with E-state index < -0.39 is 6.23 Å². The minimum absolute atomic E-state index is 0. The summed E-state index contributed by atoms with van der Waals surface area (Å²) in [4.78, 5) is 0. The Morgan fingerprint density at radius 3 is 2.25 bits per heavy atom. The smallest absolute Gasteiger partial charge is 0.102 e. The highest BCUT2D eigenvalue weighted by molar-refractivity contribution is 4.42. The van der Waals surface area contributed by atoms with Gasteiger partial charge in [0.1, 0.15) is 6.23 Å². The second-order valence-electron chi connectivity index (χ2n) is 1.71. The molecule has 0 aromatic heterocycles. The molecule has 0 aliphatic heterocycles. The van der Waals surface area contributed by atoms with Crippen LogP contribution in [-0.4, -0.2) is 16.8 Å². The van der Waals surface area contributed by atoms with Gasteiger partial charge in [0.05, 0.1) is 0 Å². The Morgan fingerprint density at radius 2 is 2.12 bits per heavy atom. The molecule has 0 rings (SSSR count). The Kier molecular flexibility index (Phi) is 9.28. The largest absolute Gasteiger partial charge is 0.412 e. The van der Waals surface area contributed by atoms with Gasteiger partial charge in [-0.25, -0.2) is 0 Å². The number of aliphatic hydroxyl groups is 1. The molecule has 0 aliphatic rings. The van der Waals surface area contributed by atoms with Crippen molar-refractivity contribution in [2.24, 2.45) is 5.73 Å². The minimum atomic E-state index is -0.597. The third-order valence-corrected chi connectivity index (χ3v) is 0.853. The van der Waals surface area contributed by atoms with E-state index in [-0.39, 0.29) is 5.48 Å². The molecule has 0 saturated heterocycles. The van der Waals surface area contributed by atoms with Gasteiger partial charge in [-0.05, 0) is 12.8 Å². The molecule has 0 heterocycles. The molecule has 1 unspecified atom stereocenters. The quantitative estimate of drug-likeness (QED) is 0.500. The zero-order valence-electron chi connectivity index (χ0n) is 5.22. The fraction of sp³-hybridized carbons (Fsp3) is 1.00. The lowest BCUT2D eigenvalue weighted by Gasteiger charge is -1.98. The molecule has 0 saturated carbocycles. The average molecular weight is 121 g/mol. The summed E-state index contributed by atoms with van der Waals surface area (Å²) in [5, 5.41) is 8.46. The summed E-state index contributed by atoms with van der Waals surface area (Å²) < 4.78 is 0. The van der Waals surface area contributed by atoms with Gasteiger partial charge in [0.2, 0.25) is 0 Å². The van der Waals surface area contributed by atoms with Crippen molar-refractivity contribution < 1.29 is 10.6 Å². The van der Waals surface area contributed by atoms with Gasteiger partial charge in [-0.1, -0.05) is 13.3 Å². The van der Waals surface area contributed by atoms with E-state index in [4.69, 9.17) is 10.8 Å². The molecule has 8 heavy (non-hydrogen) atoms. The topological polar surface area (TPSA) is 77.8 Å². The maximum absolute atomic E-state index is 8.46. The molecule has 0 aromatic rings. The van der Waals surface area contributed by atoms with E-state index in [0.717, 1.165) is 19.3 Å². The van der Waals surface area contributed by atoms with Crippen molar-refractivity contribution in [1.29, 1.82) is 0 Å². The van der Waals surface area contributed by atoms with Crippen LogP contribution < -0.4 is 5.73 Å². The van der Waals surface area contributed by atoms with Gasteiger partial charge in [-0.2, -0.15) is 0 Å². The standard InChI is InChI=1S/C5H13NO.H2O/c1-2-3-4-5(6)7;/h5,7H,2-4,6H2,1H3;1H2. The Hall–Kier alpha value is -0.120. The van der Waals surface area contributed by atoms with Gasteiger partial charge < -0.3 is 16.3 Å². The van der Waals surface area contributed by atoms with E-state index in [1.54, 1.807) is 0 Å². The van der Waals surface area contributed by atoms with Crippen molar-refractivity contribution in [2.75, 3.05) is 0 Å². The predicted molar refractivity (Wildman–Crippen MR) is 33.3 cm³/mol. The first-order chi connectivity index (χ1) is 3.27. The van der Waals surface area contributed by atoms with Crippen LogP contribution >= 0.6 is 0 Å². The van der Waals surface area contributed by atoms with Crippen molar-refractivity contribution >= 4 is 0 Å². The molecule has 3 nitrogen and oxygen atoms in total. The van der Waals surface area contributed by atoms with Crippen LogP contribution in [-0.2, 0) is 0 Å². The highest BCUT2D eigenvalue weighted by Gasteiger charge is 1.90. The van der Waals surface area contributed by atoms with Crippen LogP contribution in [0, 0.1) is 0 Å². The van der Waals surface area contributed by atoms with E-state index in [0.29, 0.717) is 0 Å². The minimum Gasteiger partial charge on any atom is -0.412 e. The third kappa shape index (κ3) is 9.30. The van der Waals surface area contributed by atoms with Crippen LogP contribution in [0.25, 0.3) is 0 Å². The summed E-state index contributed by atoms with van der Waals surface area (Å²) in [7, 11) is 0. The molecule has 5 N–H and O–H groups in total. The van der Waals surface area contributed by atoms with Crippen molar-refractivity contribution in [1.82, 2.24) is 0 Å². The lowest BCUT2D eigenvalue weighted by atomic mass is 10.2. The second kappa shape index (κ2) is 6.88. The first kappa shape index (κ1) is 10.8. The van der Waals surface area contributed by atoms with Gasteiger partial charge >= 0.3 is 0 Å². The van der Waals surface area contributed by atoms with E-state index >= 15 is 0 Å². The van der Waals surface area contributed by atoms with Crippen LogP contribution in [0.3, 0.4) is 0 Å². The van der Waals surface area contributed by atoms with Crippen LogP contribution in [0.4, 0.5) is 0 Å². The van der Waals surface area contributed by atoms with Gasteiger partial charge in [0, 0.05) is 0 Å². The van der Waals surface area contributed by atoms with Crippen LogP contribution in [0.15, 0.2) is 0 Å². The molecule has 1 atom stereocenters. The van der Waals surface area contributed by atoms with Crippen molar-refractivity contribution in [2.45, 2.75) is 32.4 Å². The normalized spacial score (nSPS) is 12.4. The Bertz CT molecular complexity index is 39.4. The zero-order chi connectivity index (χ0) is 5.70. The van der Waals surface area contributed by atoms with Crippen LogP contribution in [0.5, 0.6) is 0 Å². The number of hydrogen-bond donors (Lipinski definition) is 2. The predicted octanol–water partition coefficient (Wildman–Crippen LogP) is -0.371. The summed E-state index contributed by atoms with van der Waals surface area (Å²) in [6.45, 7) is 2.07. The maximum Gasteiger partial charge on any atom is 0.102 e. The monoisotopic (exact) mass is 121 g/mol. The number of unbranched alkanes of at least 4 members (excludes halogenated alkanes) is 1. The number of hydrogen-bond acceptors (Lipinski definition) is 2. The van der Waals surface area contributed by atoms with Crippen molar-refractivity contribution in [3.8, 4) is 0 Å².